The molecule has 0 saturated heterocycles. The van der Waals surface area contributed by atoms with Crippen molar-refractivity contribution in [2.45, 2.75) is 0 Å². The fraction of sp³-hybridized carbons (Fsp3) is 0. The molecule has 4 nitrogen and oxygen atoms in total. The van der Waals surface area contributed by atoms with Crippen LogP contribution in [0.2, 0.25) is 0 Å². The van der Waals surface area contributed by atoms with Crippen LogP contribution in [0.4, 0.5) is 0 Å². The second-order valence-electron chi connectivity index (χ2n) is 18.5. The molecule has 0 aliphatic heterocycles. The molecule has 0 saturated carbocycles. The maximum absolute atomic E-state index is 5.38. The van der Waals surface area contributed by atoms with Crippen LogP contribution in [0.5, 0.6) is 0 Å². The van der Waals surface area contributed by atoms with Crippen molar-refractivity contribution in [2.24, 2.45) is 0 Å². The van der Waals surface area contributed by atoms with Crippen LogP contribution >= 0.6 is 0 Å². The summed E-state index contributed by atoms with van der Waals surface area (Å²) >= 11 is 0. The third-order valence-corrected chi connectivity index (χ3v) is 14.4. The highest BCUT2D eigenvalue weighted by molar-refractivity contribution is 6.25. The Kier molecular flexibility index (Phi) is 9.82. The summed E-state index contributed by atoms with van der Waals surface area (Å²) in [4.78, 5) is 20.7. The molecule has 0 spiro atoms. The van der Waals surface area contributed by atoms with E-state index in [0.29, 0.717) is 0 Å². The maximum atomic E-state index is 5.38. The van der Waals surface area contributed by atoms with Gasteiger partial charge in [0.1, 0.15) is 0 Å². The smallest absolute Gasteiger partial charge is 0.0978 e. The predicted octanol–water partition coefficient (Wildman–Crippen LogP) is 17.9. The zero-order valence-electron chi connectivity index (χ0n) is 39.0. The first-order chi connectivity index (χ1) is 35.7. The lowest BCUT2D eigenvalue weighted by atomic mass is 9.83. The number of rotatable bonds is 7. The largest absolute Gasteiger partial charge is 0.254 e. The summed E-state index contributed by atoms with van der Waals surface area (Å²) in [5.41, 5.74) is 19.0. The van der Waals surface area contributed by atoms with Crippen LogP contribution in [-0.2, 0) is 0 Å². The average molecular weight is 915 g/mol. The molecule has 4 heterocycles. The van der Waals surface area contributed by atoms with Gasteiger partial charge in [-0.1, -0.05) is 212 Å². The molecule has 0 amide bonds. The minimum atomic E-state index is 0.884. The Hall–Kier alpha value is -9.64. The van der Waals surface area contributed by atoms with Crippen molar-refractivity contribution >= 4 is 65.2 Å². The van der Waals surface area contributed by atoms with Crippen LogP contribution in [0.1, 0.15) is 0 Å². The Morgan fingerprint density at radius 3 is 1.38 bits per heavy atom. The number of aromatic nitrogens is 4. The molecule has 10 aromatic carbocycles. The highest BCUT2D eigenvalue weighted by atomic mass is 14.8. The molecule has 0 radical (unpaired) electrons. The molecule has 0 aliphatic carbocycles. The van der Waals surface area contributed by atoms with E-state index < -0.39 is 0 Å². The van der Waals surface area contributed by atoms with Gasteiger partial charge in [-0.2, -0.15) is 0 Å². The highest BCUT2D eigenvalue weighted by Gasteiger charge is 2.22. The van der Waals surface area contributed by atoms with Gasteiger partial charge >= 0.3 is 0 Å². The minimum Gasteiger partial charge on any atom is -0.254 e. The number of benzene rings is 10. The van der Waals surface area contributed by atoms with E-state index in [2.05, 4.69) is 237 Å². The van der Waals surface area contributed by atoms with E-state index >= 15 is 0 Å². The lowest BCUT2D eigenvalue weighted by Crippen LogP contribution is -1.96. The molecule has 0 unspecified atom stereocenters. The Bertz CT molecular complexity index is 4400. The number of hydrogen-bond donors (Lipinski definition) is 0. The molecule has 14 aromatic rings. The van der Waals surface area contributed by atoms with Crippen molar-refractivity contribution in [1.29, 1.82) is 0 Å². The van der Waals surface area contributed by atoms with E-state index in [1.54, 1.807) is 0 Å². The Balaban J connectivity index is 1.01. The quantitative estimate of drug-likeness (QED) is 0.118. The Labute approximate surface area is 416 Å². The SMILES string of the molecule is c1ccc(-c2ccc3c(-c4cc(-c5ccccc5)nc5c4ccc4cccnc45)c4ccccc4c(-c4ccc(-c5cc(-c6ccccc6)nc6c5ccc5c(-c7ccccc7)ccnc56)cc4)c3c2)cc1. The van der Waals surface area contributed by atoms with Gasteiger partial charge in [0.25, 0.3) is 0 Å². The van der Waals surface area contributed by atoms with Gasteiger partial charge in [0, 0.05) is 45.1 Å². The van der Waals surface area contributed by atoms with E-state index in [4.69, 9.17) is 19.9 Å². The molecule has 14 rings (SSSR count). The van der Waals surface area contributed by atoms with Crippen molar-refractivity contribution < 1.29 is 0 Å². The van der Waals surface area contributed by atoms with Gasteiger partial charge in [0.2, 0.25) is 0 Å². The molecule has 72 heavy (non-hydrogen) atoms. The van der Waals surface area contributed by atoms with Crippen LogP contribution < -0.4 is 0 Å². The van der Waals surface area contributed by atoms with E-state index in [9.17, 15) is 0 Å². The van der Waals surface area contributed by atoms with Gasteiger partial charge in [-0.3, -0.25) is 9.97 Å². The average Bonchev–Trinajstić information content (AvgIpc) is 3.46. The molecule has 0 bridgehead atoms. The summed E-state index contributed by atoms with van der Waals surface area (Å²) < 4.78 is 0. The standard InChI is InChI=1S/C68H42N4/c1-5-16-43(17-6-1)50-32-33-54-59(40-50)63(52-25-13-14-26-53(52)64(54)60-42-62(47-22-11-4-12-23-47)71-67-57(60)34-31-49-24-15-38-69-65(49)67)48-29-27-45(28-30-48)58-41-61(46-20-9-3-10-21-46)72-68-56(58)36-35-55-51(37-39-70-66(55)68)44-18-7-2-8-19-44/h1-42H. The number of nitrogens with zero attached hydrogens (tertiary/aromatic N) is 4. The summed E-state index contributed by atoms with van der Waals surface area (Å²) in [6, 6.07) is 86.9. The third kappa shape index (κ3) is 6.92. The first-order valence-corrected chi connectivity index (χ1v) is 24.4. The van der Waals surface area contributed by atoms with Crippen LogP contribution in [0, 0.1) is 0 Å². The van der Waals surface area contributed by atoms with E-state index in [1.807, 2.05) is 18.5 Å². The van der Waals surface area contributed by atoms with E-state index in [-0.39, 0.29) is 0 Å². The Morgan fingerprint density at radius 1 is 0.222 bits per heavy atom. The first kappa shape index (κ1) is 41.3. The topological polar surface area (TPSA) is 51.6 Å². The molecule has 4 heteroatoms. The van der Waals surface area contributed by atoms with Gasteiger partial charge in [0.05, 0.1) is 33.5 Å². The number of hydrogen-bond acceptors (Lipinski definition) is 4. The fourth-order valence-electron chi connectivity index (χ4n) is 11.0. The second-order valence-corrected chi connectivity index (χ2v) is 18.5. The molecule has 0 fully saturated rings. The third-order valence-electron chi connectivity index (χ3n) is 14.4. The summed E-state index contributed by atoms with van der Waals surface area (Å²) in [5.74, 6) is 0. The van der Waals surface area contributed by atoms with Crippen LogP contribution in [0.15, 0.2) is 255 Å². The maximum Gasteiger partial charge on any atom is 0.0978 e. The lowest BCUT2D eigenvalue weighted by Gasteiger charge is -2.20. The Morgan fingerprint density at radius 2 is 0.694 bits per heavy atom. The van der Waals surface area contributed by atoms with Crippen molar-refractivity contribution in [1.82, 2.24) is 19.9 Å². The summed E-state index contributed by atoms with van der Waals surface area (Å²) in [6.07, 6.45) is 3.78. The number of pyridine rings is 4. The summed E-state index contributed by atoms with van der Waals surface area (Å²) in [7, 11) is 0. The number of fused-ring (bicyclic) bond motifs is 8. The molecule has 4 aromatic heterocycles. The predicted molar refractivity (Wildman–Crippen MR) is 301 cm³/mol. The van der Waals surface area contributed by atoms with Gasteiger partial charge in [-0.25, -0.2) is 9.97 Å². The molecule has 0 N–H and O–H groups in total. The summed E-state index contributed by atoms with van der Waals surface area (Å²) in [5, 5.41) is 8.96. The zero-order valence-corrected chi connectivity index (χ0v) is 39.0. The molecule has 0 atom stereocenters. The molecule has 0 aliphatic rings. The second kappa shape index (κ2) is 17.1. The van der Waals surface area contributed by atoms with Crippen molar-refractivity contribution in [3.05, 3.63) is 255 Å². The van der Waals surface area contributed by atoms with Gasteiger partial charge in [0.15, 0.2) is 0 Å². The van der Waals surface area contributed by atoms with Crippen molar-refractivity contribution in [3.63, 3.8) is 0 Å². The highest BCUT2D eigenvalue weighted by Crippen LogP contribution is 2.48. The van der Waals surface area contributed by atoms with E-state index in [1.165, 1.54) is 38.2 Å². The minimum absolute atomic E-state index is 0.884. The normalized spacial score (nSPS) is 11.6. The fourth-order valence-corrected chi connectivity index (χ4v) is 11.0. The van der Waals surface area contributed by atoms with Crippen molar-refractivity contribution in [2.75, 3.05) is 0 Å². The monoisotopic (exact) mass is 914 g/mol. The molecular weight excluding hydrogens is 873 g/mol. The van der Waals surface area contributed by atoms with Crippen molar-refractivity contribution in [3.8, 4) is 78.1 Å². The van der Waals surface area contributed by atoms with Crippen LogP contribution in [-0.4, -0.2) is 19.9 Å². The molecule has 334 valence electrons. The van der Waals surface area contributed by atoms with Gasteiger partial charge in [-0.15, -0.1) is 0 Å². The first-order valence-electron chi connectivity index (χ1n) is 24.4. The van der Waals surface area contributed by atoms with Gasteiger partial charge < -0.3 is 0 Å². The lowest BCUT2D eigenvalue weighted by molar-refractivity contribution is 1.37. The van der Waals surface area contributed by atoms with Gasteiger partial charge in [-0.05, 0) is 108 Å². The van der Waals surface area contributed by atoms with Crippen LogP contribution in [0.3, 0.4) is 0 Å². The molecular formula is C68H42N4. The van der Waals surface area contributed by atoms with Crippen LogP contribution in [0.25, 0.3) is 143 Å². The summed E-state index contributed by atoms with van der Waals surface area (Å²) in [6.45, 7) is 0. The zero-order chi connectivity index (χ0) is 47.5. The van der Waals surface area contributed by atoms with E-state index in [0.717, 1.165) is 105 Å².